The van der Waals surface area contributed by atoms with Crippen molar-refractivity contribution in [2.24, 2.45) is 0 Å². The van der Waals surface area contributed by atoms with Crippen LogP contribution in [0.5, 0.6) is 11.5 Å². The van der Waals surface area contributed by atoms with E-state index in [1.807, 2.05) is 48.2 Å². The molecule has 7 nitrogen and oxygen atoms in total. The zero-order chi connectivity index (χ0) is 22.5. The first kappa shape index (κ1) is 21.9. The predicted octanol–water partition coefficient (Wildman–Crippen LogP) is 4.54. The number of benzene rings is 2. The van der Waals surface area contributed by atoms with Crippen molar-refractivity contribution in [2.45, 2.75) is 32.7 Å². The Morgan fingerprint density at radius 2 is 1.88 bits per heavy atom. The van der Waals surface area contributed by atoms with E-state index in [0.29, 0.717) is 43.3 Å². The molecule has 2 N–H and O–H groups in total. The van der Waals surface area contributed by atoms with Crippen molar-refractivity contribution in [1.29, 1.82) is 0 Å². The lowest BCUT2D eigenvalue weighted by Crippen LogP contribution is -2.31. The number of ether oxygens (including phenoxy) is 2. The Morgan fingerprint density at radius 1 is 1.09 bits per heavy atom. The summed E-state index contributed by atoms with van der Waals surface area (Å²) in [4.78, 5) is 15.2. The fourth-order valence-corrected chi connectivity index (χ4v) is 4.10. The Morgan fingerprint density at radius 3 is 2.59 bits per heavy atom. The molecule has 1 amide bonds. The molecule has 32 heavy (non-hydrogen) atoms. The van der Waals surface area contributed by atoms with Gasteiger partial charge in [0.1, 0.15) is 22.9 Å². The van der Waals surface area contributed by atoms with Gasteiger partial charge in [0.15, 0.2) is 0 Å². The van der Waals surface area contributed by atoms with E-state index in [4.69, 9.17) is 9.47 Å². The minimum absolute atomic E-state index is 0.0954. The number of fused-ring (bicyclic) bond motifs is 1. The van der Waals surface area contributed by atoms with Gasteiger partial charge in [-0.1, -0.05) is 31.2 Å². The summed E-state index contributed by atoms with van der Waals surface area (Å²) in [5, 5.41) is 17.8. The van der Waals surface area contributed by atoms with E-state index in [1.54, 1.807) is 12.1 Å². The lowest BCUT2D eigenvalue weighted by Gasteiger charge is -2.26. The van der Waals surface area contributed by atoms with E-state index in [-0.39, 0.29) is 17.7 Å². The van der Waals surface area contributed by atoms with Gasteiger partial charge in [0, 0.05) is 30.9 Å². The van der Waals surface area contributed by atoms with Crippen LogP contribution in [-0.4, -0.2) is 52.5 Å². The zero-order valence-electron chi connectivity index (χ0n) is 18.5. The number of rotatable bonds is 10. The van der Waals surface area contributed by atoms with E-state index < -0.39 is 0 Å². The van der Waals surface area contributed by atoms with E-state index in [1.165, 1.54) is 0 Å². The number of hydrogen-bond acceptors (Lipinski definition) is 5. The largest absolute Gasteiger partial charge is 0.507 e. The number of H-pyrrole nitrogens is 1. The first-order valence-electron chi connectivity index (χ1n) is 11.1. The van der Waals surface area contributed by atoms with Gasteiger partial charge in [0.25, 0.3) is 5.91 Å². The van der Waals surface area contributed by atoms with Crippen LogP contribution in [0.15, 0.2) is 48.5 Å². The molecule has 0 aliphatic carbocycles. The minimum Gasteiger partial charge on any atom is -0.507 e. The van der Waals surface area contributed by atoms with Crippen LogP contribution in [-0.2, 0) is 4.74 Å². The summed E-state index contributed by atoms with van der Waals surface area (Å²) in [6.07, 6.45) is 1.67. The van der Waals surface area contributed by atoms with Crippen LogP contribution in [0, 0.1) is 0 Å². The normalized spacial score (nSPS) is 15.2. The van der Waals surface area contributed by atoms with Crippen molar-refractivity contribution in [1.82, 2.24) is 15.1 Å². The maximum absolute atomic E-state index is 13.3. The second kappa shape index (κ2) is 9.87. The number of nitrogens with zero attached hydrogens (tertiary/aromatic N) is 2. The number of hydrogen-bond donors (Lipinski definition) is 2. The predicted molar refractivity (Wildman–Crippen MR) is 122 cm³/mol. The number of para-hydroxylation sites is 1. The van der Waals surface area contributed by atoms with Crippen molar-refractivity contribution in [3.63, 3.8) is 0 Å². The number of aromatic hydroxyl groups is 1. The number of amides is 1. The van der Waals surface area contributed by atoms with Crippen LogP contribution in [0.3, 0.4) is 0 Å². The van der Waals surface area contributed by atoms with Crippen LogP contribution < -0.4 is 4.74 Å². The molecule has 0 saturated carbocycles. The SMILES string of the molecule is CCCOc1ccc([C@@H]2c3c(-c4ccccc4O)n[nH]c3C(=O)N2CCCOCC)cc1. The van der Waals surface area contributed by atoms with Gasteiger partial charge >= 0.3 is 0 Å². The van der Waals surface area contributed by atoms with Crippen molar-refractivity contribution in [2.75, 3.05) is 26.4 Å². The van der Waals surface area contributed by atoms with Crippen molar-refractivity contribution >= 4 is 5.91 Å². The van der Waals surface area contributed by atoms with E-state index in [0.717, 1.165) is 29.7 Å². The molecular weight excluding hydrogens is 406 g/mol. The van der Waals surface area contributed by atoms with Gasteiger partial charge in [-0.3, -0.25) is 9.89 Å². The van der Waals surface area contributed by atoms with Crippen molar-refractivity contribution in [3.8, 4) is 22.8 Å². The standard InChI is InChI=1S/C25H29N3O4/c1-3-15-32-18-12-10-17(11-13-18)24-21-22(19-8-5-6-9-20(19)29)26-27-23(21)25(30)28(24)14-7-16-31-4-2/h5-6,8-13,24,29H,3-4,7,14-16H2,1-2H3,(H,26,27)/t24-/m1/s1. The summed E-state index contributed by atoms with van der Waals surface area (Å²) in [6, 6.07) is 14.6. The number of aromatic amines is 1. The molecule has 168 valence electrons. The molecule has 1 atom stereocenters. The summed E-state index contributed by atoms with van der Waals surface area (Å²) in [5.74, 6) is 0.837. The molecule has 1 aliphatic heterocycles. The second-order valence-corrected chi connectivity index (χ2v) is 7.75. The average Bonchev–Trinajstić information content (AvgIpc) is 3.35. The summed E-state index contributed by atoms with van der Waals surface area (Å²) in [5.41, 5.74) is 3.42. The third-order valence-electron chi connectivity index (χ3n) is 5.58. The van der Waals surface area contributed by atoms with Gasteiger partial charge in [0.05, 0.1) is 12.6 Å². The third-order valence-corrected chi connectivity index (χ3v) is 5.58. The molecule has 3 aromatic rings. The maximum atomic E-state index is 13.3. The molecule has 1 aliphatic rings. The van der Waals surface area contributed by atoms with Crippen molar-refractivity contribution in [3.05, 3.63) is 65.4 Å². The molecular formula is C25H29N3O4. The van der Waals surface area contributed by atoms with E-state index in [9.17, 15) is 9.90 Å². The lowest BCUT2D eigenvalue weighted by atomic mass is 9.95. The zero-order valence-corrected chi connectivity index (χ0v) is 18.5. The molecule has 7 heteroatoms. The number of nitrogens with one attached hydrogen (secondary N) is 1. The Kier molecular flexibility index (Phi) is 6.75. The van der Waals surface area contributed by atoms with Gasteiger partial charge in [-0.25, -0.2) is 0 Å². The molecule has 2 heterocycles. The summed E-state index contributed by atoms with van der Waals surface area (Å²) in [7, 11) is 0. The quantitative estimate of drug-likeness (QED) is 0.457. The molecule has 0 unspecified atom stereocenters. The van der Waals surface area contributed by atoms with E-state index in [2.05, 4.69) is 17.1 Å². The number of carbonyl (C=O) groups is 1. The van der Waals surface area contributed by atoms with Crippen LogP contribution in [0.1, 0.15) is 54.3 Å². The Labute approximate surface area is 188 Å². The Hall–Kier alpha value is -3.32. The fraction of sp³-hybridized carbons (Fsp3) is 0.360. The van der Waals surface area contributed by atoms with Crippen LogP contribution in [0.4, 0.5) is 0 Å². The first-order valence-corrected chi connectivity index (χ1v) is 11.1. The highest BCUT2D eigenvalue weighted by Crippen LogP contribution is 2.44. The topological polar surface area (TPSA) is 87.7 Å². The summed E-state index contributed by atoms with van der Waals surface area (Å²) < 4.78 is 11.2. The van der Waals surface area contributed by atoms with Gasteiger partial charge in [-0.15, -0.1) is 0 Å². The number of phenolic OH excluding ortho intramolecular Hbond substituents is 1. The Bertz CT molecular complexity index is 1060. The van der Waals surface area contributed by atoms with Gasteiger partial charge < -0.3 is 19.5 Å². The molecule has 0 fully saturated rings. The van der Waals surface area contributed by atoms with Crippen LogP contribution in [0.2, 0.25) is 0 Å². The molecule has 0 spiro atoms. The highest BCUT2D eigenvalue weighted by atomic mass is 16.5. The highest BCUT2D eigenvalue weighted by Gasteiger charge is 2.42. The monoisotopic (exact) mass is 435 g/mol. The van der Waals surface area contributed by atoms with Gasteiger partial charge in [-0.2, -0.15) is 5.10 Å². The Balaban J connectivity index is 1.73. The van der Waals surface area contributed by atoms with Crippen molar-refractivity contribution < 1.29 is 19.4 Å². The fourth-order valence-electron chi connectivity index (χ4n) is 4.10. The van der Waals surface area contributed by atoms with Crippen LogP contribution in [0.25, 0.3) is 11.3 Å². The molecule has 1 aromatic heterocycles. The van der Waals surface area contributed by atoms with Crippen LogP contribution >= 0.6 is 0 Å². The second-order valence-electron chi connectivity index (χ2n) is 7.75. The molecule has 0 saturated heterocycles. The molecule has 0 bridgehead atoms. The molecule has 2 aromatic carbocycles. The number of phenols is 1. The third kappa shape index (κ3) is 4.21. The first-order chi connectivity index (χ1) is 15.7. The smallest absolute Gasteiger partial charge is 0.273 e. The number of carbonyl (C=O) groups excluding carboxylic acids is 1. The number of aromatic nitrogens is 2. The average molecular weight is 436 g/mol. The van der Waals surface area contributed by atoms with Gasteiger partial charge in [-0.05, 0) is 49.6 Å². The summed E-state index contributed by atoms with van der Waals surface area (Å²) >= 11 is 0. The molecule has 4 rings (SSSR count). The lowest BCUT2D eigenvalue weighted by molar-refractivity contribution is 0.0710. The molecule has 0 radical (unpaired) electrons. The van der Waals surface area contributed by atoms with E-state index >= 15 is 0 Å². The van der Waals surface area contributed by atoms with Gasteiger partial charge in [0.2, 0.25) is 0 Å². The minimum atomic E-state index is -0.312. The highest BCUT2D eigenvalue weighted by molar-refractivity contribution is 6.00. The maximum Gasteiger partial charge on any atom is 0.273 e. The summed E-state index contributed by atoms with van der Waals surface area (Å²) in [6.45, 7) is 6.49.